The van der Waals surface area contributed by atoms with Gasteiger partial charge in [-0.05, 0) is 48.6 Å². The van der Waals surface area contributed by atoms with Crippen LogP contribution in [0.3, 0.4) is 0 Å². The number of carbonyl (C=O) groups excluding carboxylic acids is 1. The van der Waals surface area contributed by atoms with Crippen LogP contribution < -0.4 is 10.8 Å². The highest BCUT2D eigenvalue weighted by Crippen LogP contribution is 2.30. The highest BCUT2D eigenvalue weighted by molar-refractivity contribution is 7.99. The zero-order valence-corrected chi connectivity index (χ0v) is 15.1. The van der Waals surface area contributed by atoms with Crippen molar-refractivity contribution in [3.8, 4) is 11.1 Å². The highest BCUT2D eigenvalue weighted by atomic mass is 32.2. The normalized spacial score (nSPS) is 16.5. The maximum absolute atomic E-state index is 10.9. The molecule has 6 heteroatoms. The summed E-state index contributed by atoms with van der Waals surface area (Å²) in [5.41, 5.74) is 6.37. The lowest BCUT2D eigenvalue weighted by Gasteiger charge is -2.10. The van der Waals surface area contributed by atoms with E-state index in [0.717, 1.165) is 36.5 Å². The van der Waals surface area contributed by atoms with E-state index in [1.165, 1.54) is 16.7 Å². The number of aryl methyl sites for hydroxylation is 1. The Morgan fingerprint density at radius 3 is 2.80 bits per heavy atom. The molecule has 1 amide bonds. The van der Waals surface area contributed by atoms with Crippen molar-refractivity contribution in [2.45, 2.75) is 43.8 Å². The van der Waals surface area contributed by atoms with Crippen molar-refractivity contribution >= 4 is 17.9 Å². The molecule has 0 bridgehead atoms. The summed E-state index contributed by atoms with van der Waals surface area (Å²) in [5.74, 6) is 1.08. The van der Waals surface area contributed by atoms with Crippen LogP contribution >= 0.6 is 11.8 Å². The fourth-order valence-electron chi connectivity index (χ4n) is 2.74. The van der Waals surface area contributed by atoms with Crippen molar-refractivity contribution in [2.24, 2.45) is 0 Å². The number of thioether (sulfide) groups is 1. The Bertz CT molecular complexity index is 706. The van der Waals surface area contributed by atoms with E-state index >= 15 is 0 Å². The van der Waals surface area contributed by atoms with Gasteiger partial charge < -0.3 is 10.2 Å². The molecule has 0 spiro atoms. The summed E-state index contributed by atoms with van der Waals surface area (Å²) in [6.45, 7) is 2.18. The molecule has 2 aromatic rings. The molecule has 0 aliphatic carbocycles. The summed E-state index contributed by atoms with van der Waals surface area (Å²) in [5, 5.41) is 3.81. The van der Waals surface area contributed by atoms with Gasteiger partial charge in [-0.15, -0.1) is 17.2 Å². The van der Waals surface area contributed by atoms with Crippen molar-refractivity contribution in [1.82, 2.24) is 15.8 Å². The van der Waals surface area contributed by atoms with E-state index in [4.69, 9.17) is 0 Å². The van der Waals surface area contributed by atoms with Crippen LogP contribution in [-0.4, -0.2) is 23.0 Å². The van der Waals surface area contributed by atoms with Crippen LogP contribution in [0.1, 0.15) is 31.7 Å². The Hall–Kier alpha value is -2.05. The molecule has 1 saturated heterocycles. The molecule has 25 heavy (non-hydrogen) atoms. The van der Waals surface area contributed by atoms with E-state index in [1.807, 2.05) is 24.0 Å². The lowest BCUT2D eigenvalue weighted by molar-refractivity contribution is 0.120. The van der Waals surface area contributed by atoms with Crippen LogP contribution in [-0.2, 0) is 11.3 Å². The van der Waals surface area contributed by atoms with Crippen LogP contribution in [0.15, 0.2) is 47.6 Å². The molecule has 1 atom stereocenters. The predicted octanol–water partition coefficient (Wildman–Crippen LogP) is 4.14. The van der Waals surface area contributed by atoms with Crippen molar-refractivity contribution in [2.75, 3.05) is 5.75 Å². The first kappa shape index (κ1) is 17.8. The van der Waals surface area contributed by atoms with Gasteiger partial charge in [-0.2, -0.15) is 0 Å². The van der Waals surface area contributed by atoms with Gasteiger partial charge in [0.2, 0.25) is 0 Å². The third-order valence-electron chi connectivity index (χ3n) is 4.02. The Morgan fingerprint density at radius 1 is 1.24 bits per heavy atom. The molecule has 3 rings (SSSR count). The summed E-state index contributed by atoms with van der Waals surface area (Å²) in [4.78, 5) is 20.1. The van der Waals surface area contributed by atoms with E-state index < -0.39 is 6.09 Å². The molecule has 132 valence electrons. The second-order valence-corrected chi connectivity index (χ2v) is 7.08. The minimum atomic E-state index is -0.400. The number of carbonyl (C=O) groups is 1. The second kappa shape index (κ2) is 8.87. The average molecular weight is 357 g/mol. The minimum Gasteiger partial charge on any atom is -0.352 e. The Labute approximate surface area is 152 Å². The maximum Gasteiger partial charge on any atom is 0.427 e. The largest absolute Gasteiger partial charge is 0.427 e. The molecule has 2 N–H and O–H groups in total. The van der Waals surface area contributed by atoms with Crippen LogP contribution in [0.25, 0.3) is 11.1 Å². The van der Waals surface area contributed by atoms with Crippen LogP contribution in [0.2, 0.25) is 0 Å². The fraction of sp³-hybridized carbons (Fsp3) is 0.368. The molecule has 0 radical (unpaired) electrons. The molecule has 2 heterocycles. The SMILES string of the molecule is CCCSc1ncccc1-c1ccc(CCCC2NOC(=O)N2)cc1. The summed E-state index contributed by atoms with van der Waals surface area (Å²) < 4.78 is 0. The molecule has 1 unspecified atom stereocenters. The van der Waals surface area contributed by atoms with Gasteiger partial charge >= 0.3 is 6.09 Å². The van der Waals surface area contributed by atoms with Gasteiger partial charge in [0.05, 0.1) is 0 Å². The van der Waals surface area contributed by atoms with Gasteiger partial charge in [0.15, 0.2) is 0 Å². The fourth-order valence-corrected chi connectivity index (χ4v) is 3.62. The van der Waals surface area contributed by atoms with Crippen molar-refractivity contribution < 1.29 is 9.63 Å². The Balaban J connectivity index is 1.58. The van der Waals surface area contributed by atoms with Crippen LogP contribution in [0.4, 0.5) is 4.79 Å². The summed E-state index contributed by atoms with van der Waals surface area (Å²) >= 11 is 1.81. The standard InChI is InChI=1S/C19H23N3O2S/c1-2-13-25-18-16(6-4-12-20-18)15-10-8-14(9-11-15)5-3-7-17-21-19(23)24-22-17/h4,6,8-12,17,22H,2-3,5,7,13H2,1H3,(H,21,23). The van der Waals surface area contributed by atoms with Crippen molar-refractivity contribution in [3.05, 3.63) is 48.2 Å². The first-order valence-corrected chi connectivity index (χ1v) is 9.65. The van der Waals surface area contributed by atoms with Gasteiger partial charge in [0, 0.05) is 11.8 Å². The second-order valence-electron chi connectivity index (χ2n) is 6.00. The van der Waals surface area contributed by atoms with Gasteiger partial charge in [0.1, 0.15) is 11.2 Å². The van der Waals surface area contributed by atoms with E-state index in [1.54, 1.807) is 0 Å². The summed E-state index contributed by atoms with van der Waals surface area (Å²) in [6.07, 6.45) is 5.30. The molecule has 0 saturated carbocycles. The van der Waals surface area contributed by atoms with Crippen LogP contribution in [0.5, 0.6) is 0 Å². The quantitative estimate of drug-likeness (QED) is 0.695. The molecular weight excluding hydrogens is 334 g/mol. The third kappa shape index (κ3) is 4.96. The molecule has 5 nitrogen and oxygen atoms in total. The lowest BCUT2D eigenvalue weighted by Crippen LogP contribution is -2.31. The highest BCUT2D eigenvalue weighted by Gasteiger charge is 2.20. The number of aromatic nitrogens is 1. The number of benzene rings is 1. The van der Waals surface area contributed by atoms with E-state index in [0.29, 0.717) is 0 Å². The lowest BCUT2D eigenvalue weighted by atomic mass is 10.0. The third-order valence-corrected chi connectivity index (χ3v) is 5.23. The number of nitrogens with one attached hydrogen (secondary N) is 2. The number of amides is 1. The predicted molar refractivity (Wildman–Crippen MR) is 100 cm³/mol. The number of pyridine rings is 1. The summed E-state index contributed by atoms with van der Waals surface area (Å²) in [7, 11) is 0. The van der Waals surface area contributed by atoms with Gasteiger partial charge in [-0.1, -0.05) is 37.3 Å². The number of hydrogen-bond donors (Lipinski definition) is 2. The smallest absolute Gasteiger partial charge is 0.352 e. The van der Waals surface area contributed by atoms with Crippen LogP contribution in [0, 0.1) is 0 Å². The molecule has 1 aliphatic heterocycles. The van der Waals surface area contributed by atoms with Crippen molar-refractivity contribution in [1.29, 1.82) is 0 Å². The topological polar surface area (TPSA) is 63.3 Å². The zero-order chi connectivity index (χ0) is 17.5. The zero-order valence-electron chi connectivity index (χ0n) is 14.3. The minimum absolute atomic E-state index is 0.0830. The monoisotopic (exact) mass is 357 g/mol. The van der Waals surface area contributed by atoms with Gasteiger partial charge in [-0.25, -0.2) is 9.78 Å². The van der Waals surface area contributed by atoms with Gasteiger partial charge in [-0.3, -0.25) is 0 Å². The van der Waals surface area contributed by atoms with E-state index in [2.05, 4.69) is 57.9 Å². The number of rotatable bonds is 8. The first-order chi connectivity index (χ1) is 12.3. The van der Waals surface area contributed by atoms with Gasteiger partial charge in [0.25, 0.3) is 0 Å². The number of hydrogen-bond acceptors (Lipinski definition) is 5. The first-order valence-electron chi connectivity index (χ1n) is 8.66. The van der Waals surface area contributed by atoms with E-state index in [9.17, 15) is 4.79 Å². The Kier molecular flexibility index (Phi) is 6.30. The molecule has 1 aliphatic rings. The molecular formula is C19H23N3O2S. The number of hydroxylamine groups is 1. The average Bonchev–Trinajstić information content (AvgIpc) is 3.06. The van der Waals surface area contributed by atoms with E-state index in [-0.39, 0.29) is 6.17 Å². The molecule has 1 aromatic heterocycles. The summed E-state index contributed by atoms with van der Waals surface area (Å²) in [6, 6.07) is 12.8. The number of nitrogens with zero attached hydrogens (tertiary/aromatic N) is 1. The maximum atomic E-state index is 10.9. The molecule has 1 fully saturated rings. The Morgan fingerprint density at radius 2 is 2.08 bits per heavy atom. The van der Waals surface area contributed by atoms with Crippen molar-refractivity contribution in [3.63, 3.8) is 0 Å². The molecule has 1 aromatic carbocycles.